The molecule has 0 aliphatic carbocycles. The Morgan fingerprint density at radius 3 is 2.56 bits per heavy atom. The van der Waals surface area contributed by atoms with E-state index in [1.165, 1.54) is 0 Å². The molecule has 1 unspecified atom stereocenters. The minimum Gasteiger partial charge on any atom is -0.383 e. The third-order valence-corrected chi connectivity index (χ3v) is 6.56. The number of halogens is 1. The maximum absolute atomic E-state index is 12.7. The number of amides is 1. The van der Waals surface area contributed by atoms with E-state index in [1.54, 1.807) is 12.0 Å². The van der Waals surface area contributed by atoms with Crippen LogP contribution in [0.5, 0.6) is 0 Å². The van der Waals surface area contributed by atoms with E-state index >= 15 is 0 Å². The molecular weight excluding hydrogens is 408 g/mol. The Hall–Kier alpha value is -0.960. The van der Waals surface area contributed by atoms with Crippen LogP contribution in [-0.4, -0.2) is 75.5 Å². The van der Waals surface area contributed by atoms with Gasteiger partial charge in [-0.25, -0.2) is 8.42 Å². The van der Waals surface area contributed by atoms with E-state index in [2.05, 4.69) is 15.9 Å². The third-order valence-electron chi connectivity index (χ3n) is 4.28. The molecule has 1 aromatic carbocycles. The van der Waals surface area contributed by atoms with Crippen molar-refractivity contribution in [3.63, 3.8) is 0 Å². The van der Waals surface area contributed by atoms with Crippen LogP contribution in [0.3, 0.4) is 0 Å². The first-order valence-electron chi connectivity index (χ1n) is 8.22. The first-order valence-corrected chi connectivity index (χ1v) is 10.8. The summed E-state index contributed by atoms with van der Waals surface area (Å²) < 4.78 is 29.6. The van der Waals surface area contributed by atoms with Gasteiger partial charge in [-0.15, -0.1) is 0 Å². The number of carbonyl (C=O) groups excluding carboxylic acids is 1. The zero-order chi connectivity index (χ0) is 18.4. The molecular formula is C17H25BrN2O4S. The monoisotopic (exact) mass is 432 g/mol. The van der Waals surface area contributed by atoms with Crippen molar-refractivity contribution in [3.8, 4) is 0 Å². The molecule has 0 N–H and O–H groups in total. The van der Waals surface area contributed by atoms with Crippen molar-refractivity contribution in [2.45, 2.75) is 19.0 Å². The smallest absolute Gasteiger partial charge is 0.237 e. The molecule has 1 amide bonds. The average Bonchev–Trinajstić information content (AvgIpc) is 2.89. The van der Waals surface area contributed by atoms with E-state index in [1.807, 2.05) is 36.2 Å². The summed E-state index contributed by atoms with van der Waals surface area (Å²) in [6, 6.07) is 7.72. The number of ether oxygens (including phenoxy) is 1. The number of hydrogen-bond donors (Lipinski definition) is 0. The summed E-state index contributed by atoms with van der Waals surface area (Å²) in [6.45, 7) is 1.72. The predicted octanol–water partition coefficient (Wildman–Crippen LogP) is 1.54. The van der Waals surface area contributed by atoms with Crippen molar-refractivity contribution in [1.82, 2.24) is 9.80 Å². The lowest BCUT2D eigenvalue weighted by Gasteiger charge is -2.30. The Labute approximate surface area is 158 Å². The topological polar surface area (TPSA) is 66.9 Å². The molecule has 0 saturated carbocycles. The fourth-order valence-electron chi connectivity index (χ4n) is 3.00. The Morgan fingerprint density at radius 2 is 2.00 bits per heavy atom. The van der Waals surface area contributed by atoms with Gasteiger partial charge >= 0.3 is 0 Å². The van der Waals surface area contributed by atoms with Gasteiger partial charge in [0.05, 0.1) is 24.7 Å². The van der Waals surface area contributed by atoms with Crippen molar-refractivity contribution in [2.75, 3.05) is 45.4 Å². The Kier molecular flexibility index (Phi) is 7.42. The average molecular weight is 433 g/mol. The Bertz CT molecular complexity index is 678. The van der Waals surface area contributed by atoms with Gasteiger partial charge in [0.1, 0.15) is 0 Å². The standard InChI is InChI=1S/C17H25BrN2O4S/c1-19(11-14-3-5-15(18)6-4-14)12-17(21)20(8-9-24-2)16-7-10-25(22,23)13-16/h3-6,16H,7-13H2,1-2H3. The minimum absolute atomic E-state index is 0.0544. The maximum Gasteiger partial charge on any atom is 0.237 e. The van der Waals surface area contributed by atoms with E-state index in [9.17, 15) is 13.2 Å². The summed E-state index contributed by atoms with van der Waals surface area (Å²) in [7, 11) is 0.433. The quantitative estimate of drug-likeness (QED) is 0.623. The number of sulfone groups is 1. The molecule has 140 valence electrons. The second-order valence-corrected chi connectivity index (χ2v) is 9.58. The highest BCUT2D eigenvalue weighted by molar-refractivity contribution is 9.10. The van der Waals surface area contributed by atoms with E-state index in [0.29, 0.717) is 26.1 Å². The number of methoxy groups -OCH3 is 1. The van der Waals surface area contributed by atoms with Crippen LogP contribution in [0.15, 0.2) is 28.7 Å². The van der Waals surface area contributed by atoms with Crippen LogP contribution in [0, 0.1) is 0 Å². The molecule has 25 heavy (non-hydrogen) atoms. The number of nitrogens with zero attached hydrogens (tertiary/aromatic N) is 2. The summed E-state index contributed by atoms with van der Waals surface area (Å²) >= 11 is 3.41. The second kappa shape index (κ2) is 9.12. The van der Waals surface area contributed by atoms with Gasteiger partial charge in [0.25, 0.3) is 0 Å². The molecule has 2 rings (SSSR count). The van der Waals surface area contributed by atoms with Crippen molar-refractivity contribution in [2.24, 2.45) is 0 Å². The van der Waals surface area contributed by atoms with Crippen LogP contribution in [0.2, 0.25) is 0 Å². The lowest BCUT2D eigenvalue weighted by Crippen LogP contribution is -2.47. The molecule has 1 aromatic rings. The number of hydrogen-bond acceptors (Lipinski definition) is 5. The first kappa shape index (κ1) is 20.4. The molecule has 1 saturated heterocycles. The van der Waals surface area contributed by atoms with Gasteiger partial charge in [-0.05, 0) is 31.2 Å². The predicted molar refractivity (Wildman–Crippen MR) is 101 cm³/mol. The fraction of sp³-hybridized carbons (Fsp3) is 0.588. The zero-order valence-corrected chi connectivity index (χ0v) is 17.1. The van der Waals surface area contributed by atoms with Crippen LogP contribution in [0.4, 0.5) is 0 Å². The molecule has 1 fully saturated rings. The van der Waals surface area contributed by atoms with Crippen LogP contribution in [0.1, 0.15) is 12.0 Å². The van der Waals surface area contributed by atoms with Gasteiger partial charge < -0.3 is 9.64 Å². The lowest BCUT2D eigenvalue weighted by molar-refractivity contribution is -0.134. The lowest BCUT2D eigenvalue weighted by atomic mass is 10.2. The molecule has 1 heterocycles. The van der Waals surface area contributed by atoms with Crippen molar-refractivity contribution in [1.29, 1.82) is 0 Å². The minimum atomic E-state index is -3.03. The van der Waals surface area contributed by atoms with Crippen molar-refractivity contribution in [3.05, 3.63) is 34.3 Å². The van der Waals surface area contributed by atoms with Gasteiger partial charge in [-0.2, -0.15) is 0 Å². The van der Waals surface area contributed by atoms with E-state index in [0.717, 1.165) is 10.0 Å². The third kappa shape index (κ3) is 6.36. The number of likely N-dealkylation sites (N-methyl/N-ethyl adjacent to an activating group) is 1. The summed E-state index contributed by atoms with van der Waals surface area (Å²) in [5.41, 5.74) is 1.12. The van der Waals surface area contributed by atoms with Gasteiger partial charge in [-0.1, -0.05) is 28.1 Å². The Morgan fingerprint density at radius 1 is 1.32 bits per heavy atom. The Balaban J connectivity index is 1.97. The van der Waals surface area contributed by atoms with Crippen LogP contribution < -0.4 is 0 Å². The number of rotatable bonds is 8. The largest absolute Gasteiger partial charge is 0.383 e. The number of benzene rings is 1. The highest BCUT2D eigenvalue weighted by atomic mass is 79.9. The normalized spacial score (nSPS) is 19.3. The summed E-state index contributed by atoms with van der Waals surface area (Å²) in [5, 5.41) is 0. The number of carbonyl (C=O) groups is 1. The summed E-state index contributed by atoms with van der Waals surface area (Å²) in [6.07, 6.45) is 0.508. The SMILES string of the molecule is COCCN(C(=O)CN(C)Cc1ccc(Br)cc1)C1CCS(=O)(=O)C1. The van der Waals surface area contributed by atoms with Gasteiger partial charge in [0.15, 0.2) is 9.84 Å². The molecule has 1 aliphatic rings. The van der Waals surface area contributed by atoms with Crippen LogP contribution in [-0.2, 0) is 25.9 Å². The van der Waals surface area contributed by atoms with Gasteiger partial charge in [0.2, 0.25) is 5.91 Å². The van der Waals surface area contributed by atoms with Gasteiger partial charge in [-0.3, -0.25) is 9.69 Å². The van der Waals surface area contributed by atoms with E-state index < -0.39 is 9.84 Å². The molecule has 0 radical (unpaired) electrons. The molecule has 1 atom stereocenters. The van der Waals surface area contributed by atoms with E-state index in [4.69, 9.17) is 4.74 Å². The van der Waals surface area contributed by atoms with Crippen LogP contribution in [0.25, 0.3) is 0 Å². The van der Waals surface area contributed by atoms with Crippen LogP contribution >= 0.6 is 15.9 Å². The highest BCUT2D eigenvalue weighted by Gasteiger charge is 2.34. The molecule has 0 bridgehead atoms. The van der Waals surface area contributed by atoms with Crippen molar-refractivity contribution >= 4 is 31.7 Å². The first-order chi connectivity index (χ1) is 11.8. The molecule has 1 aliphatic heterocycles. The second-order valence-electron chi connectivity index (χ2n) is 6.44. The highest BCUT2D eigenvalue weighted by Crippen LogP contribution is 2.18. The molecule has 6 nitrogen and oxygen atoms in total. The van der Waals surface area contributed by atoms with Gasteiger partial charge in [0, 0.05) is 30.7 Å². The fourth-order valence-corrected chi connectivity index (χ4v) is 5.00. The molecule has 0 aromatic heterocycles. The van der Waals surface area contributed by atoms with E-state index in [-0.39, 0.29) is 30.0 Å². The summed E-state index contributed by atoms with van der Waals surface area (Å²) in [5.74, 6) is 0.154. The maximum atomic E-state index is 12.7. The van der Waals surface area contributed by atoms with Crippen molar-refractivity contribution < 1.29 is 17.9 Å². The summed E-state index contributed by atoms with van der Waals surface area (Å²) in [4.78, 5) is 16.3. The molecule has 0 spiro atoms. The molecule has 8 heteroatoms. The zero-order valence-electron chi connectivity index (χ0n) is 14.7.